The number of carbonyl (C=O) groups excluding carboxylic acids is 3. The van der Waals surface area contributed by atoms with Gasteiger partial charge in [0, 0.05) is 11.8 Å². The molecule has 0 aromatic rings. The van der Waals surface area contributed by atoms with Crippen molar-refractivity contribution in [2.45, 2.75) is 42.1 Å². The predicted molar refractivity (Wildman–Crippen MR) is 77.7 cm³/mol. The van der Waals surface area contributed by atoms with Gasteiger partial charge in [-0.2, -0.15) is 26.3 Å². The fraction of sp³-hybridized carbons (Fsp3) is 0.786. The lowest BCUT2D eigenvalue weighted by Gasteiger charge is -2.32. The molecule has 3 aliphatic rings. The van der Waals surface area contributed by atoms with Crippen molar-refractivity contribution in [3.63, 3.8) is 0 Å². The van der Waals surface area contributed by atoms with Gasteiger partial charge in [0.15, 0.2) is 6.61 Å². The Hall–Kier alpha value is -1.78. The van der Waals surface area contributed by atoms with Gasteiger partial charge >= 0.3 is 35.0 Å². The molecule has 170 valence electrons. The quantitative estimate of drug-likeness (QED) is 0.148. The first-order valence-electron chi connectivity index (χ1n) is 8.20. The van der Waals surface area contributed by atoms with Crippen molar-refractivity contribution >= 4 is 30.0 Å². The molecule has 2 bridgehead atoms. The number of alkyl halides is 6. The van der Waals surface area contributed by atoms with Gasteiger partial charge in [-0.05, 0) is 12.8 Å². The normalized spacial score (nSPS) is 30.4. The fourth-order valence-electron chi connectivity index (χ4n) is 4.06. The Labute approximate surface area is 166 Å². The lowest BCUT2D eigenvalue weighted by Crippen LogP contribution is -2.60. The van der Waals surface area contributed by atoms with E-state index in [-0.39, 0.29) is 17.8 Å². The Bertz CT molecular complexity index is 712. The van der Waals surface area contributed by atoms with Gasteiger partial charge in [-0.1, -0.05) is 5.04 Å². The second-order valence-corrected chi connectivity index (χ2v) is 7.75. The highest BCUT2D eigenvalue weighted by Gasteiger charge is 2.79. The lowest BCUT2D eigenvalue weighted by atomic mass is 9.88. The van der Waals surface area contributed by atoms with Crippen LogP contribution in [0.25, 0.3) is 0 Å². The number of carbonyl (C=O) groups is 3. The zero-order valence-electron chi connectivity index (χ0n) is 14.4. The Morgan fingerprint density at radius 2 is 1.77 bits per heavy atom. The van der Waals surface area contributed by atoms with E-state index in [1.54, 1.807) is 0 Å². The third kappa shape index (κ3) is 3.58. The summed E-state index contributed by atoms with van der Waals surface area (Å²) < 4.78 is 90.6. The molecule has 1 aliphatic heterocycles. The van der Waals surface area contributed by atoms with E-state index < -0.39 is 65.9 Å². The summed E-state index contributed by atoms with van der Waals surface area (Å²) in [6, 6.07) is 0. The molecule has 2 aliphatic carbocycles. The van der Waals surface area contributed by atoms with E-state index in [1.165, 1.54) is 0 Å². The van der Waals surface area contributed by atoms with E-state index in [2.05, 4.69) is 14.1 Å². The number of halogens is 6. The third-order valence-corrected chi connectivity index (χ3v) is 6.29. The van der Waals surface area contributed by atoms with Crippen molar-refractivity contribution in [2.75, 3.05) is 6.61 Å². The van der Waals surface area contributed by atoms with Crippen LogP contribution in [0.1, 0.15) is 12.8 Å². The second kappa shape index (κ2) is 7.72. The Morgan fingerprint density at radius 3 is 2.33 bits per heavy atom. The van der Waals surface area contributed by atoms with Crippen molar-refractivity contribution < 1.29 is 69.6 Å². The van der Waals surface area contributed by atoms with Crippen LogP contribution in [0.2, 0.25) is 0 Å². The average Bonchev–Trinajstić information content (AvgIpc) is 3.23. The topological polar surface area (TPSA) is 118 Å². The summed E-state index contributed by atoms with van der Waals surface area (Å²) >= 11 is -1.61. The zero-order valence-corrected chi connectivity index (χ0v) is 15.2. The van der Waals surface area contributed by atoms with Crippen LogP contribution in [0.15, 0.2) is 0 Å². The molecule has 3 fully saturated rings. The van der Waals surface area contributed by atoms with E-state index in [0.717, 1.165) is 0 Å². The van der Waals surface area contributed by atoms with E-state index in [9.17, 15) is 40.7 Å². The van der Waals surface area contributed by atoms with Gasteiger partial charge in [0.1, 0.15) is 12.2 Å². The molecule has 2 saturated carbocycles. The van der Waals surface area contributed by atoms with Gasteiger partial charge in [-0.15, -0.1) is 4.33 Å². The number of hydrogen-bond acceptors (Lipinski definition) is 10. The standard InChI is InChI=1S/C14H12F6O9S/c15-13(16,17)12(14(18,19)20,30-29-28-24)11(23)25-3-7(21)26-8-4-1-5-6(2-4)10(22)27-9(5)8/h4-6,8-9,24H,1-3H2. The molecule has 0 aromatic carbocycles. The lowest BCUT2D eigenvalue weighted by molar-refractivity contribution is -0.434. The maximum Gasteiger partial charge on any atom is 0.425 e. The minimum atomic E-state index is -6.31. The summed E-state index contributed by atoms with van der Waals surface area (Å²) in [4.78, 5) is 35.2. The van der Waals surface area contributed by atoms with Crippen molar-refractivity contribution in [2.24, 2.45) is 17.8 Å². The number of rotatable bonds is 7. The van der Waals surface area contributed by atoms with Crippen LogP contribution < -0.4 is 0 Å². The van der Waals surface area contributed by atoms with Crippen molar-refractivity contribution in [3.8, 4) is 0 Å². The maximum atomic E-state index is 13.1. The number of fused-ring (bicyclic) bond motifs is 1. The van der Waals surface area contributed by atoms with Crippen molar-refractivity contribution in [1.29, 1.82) is 0 Å². The SMILES string of the molecule is O=C(COC(=O)C(SOOO)(C(F)(F)F)C(F)(F)F)OC1C2CC3C(=O)OC1C3C2. The van der Waals surface area contributed by atoms with Crippen LogP contribution in [0.4, 0.5) is 26.3 Å². The molecule has 9 nitrogen and oxygen atoms in total. The van der Waals surface area contributed by atoms with Gasteiger partial charge in [0.05, 0.1) is 18.0 Å². The van der Waals surface area contributed by atoms with Gasteiger partial charge in [-0.25, -0.2) is 14.8 Å². The molecule has 3 rings (SSSR count). The molecule has 5 atom stereocenters. The first kappa shape index (κ1) is 22.9. The number of hydrogen-bond donors (Lipinski definition) is 1. The highest BCUT2D eigenvalue weighted by atomic mass is 32.2. The third-order valence-electron chi connectivity index (χ3n) is 5.28. The molecule has 5 unspecified atom stereocenters. The smallest absolute Gasteiger partial charge is 0.425 e. The Balaban J connectivity index is 1.65. The minimum absolute atomic E-state index is 0.182. The molecule has 0 spiro atoms. The summed E-state index contributed by atoms with van der Waals surface area (Å²) in [5.41, 5.74) is 0. The molecule has 0 amide bonds. The number of esters is 3. The average molecular weight is 470 g/mol. The fourth-order valence-corrected chi connectivity index (χ4v) is 4.51. The second-order valence-electron chi connectivity index (χ2n) is 6.84. The minimum Gasteiger partial charge on any atom is -0.458 e. The van der Waals surface area contributed by atoms with Crippen LogP contribution in [0.3, 0.4) is 0 Å². The molecule has 0 aromatic heterocycles. The maximum absolute atomic E-state index is 13.1. The summed E-state index contributed by atoms with van der Waals surface area (Å²) in [6.45, 7) is -1.58. The highest BCUT2D eigenvalue weighted by molar-refractivity contribution is 7.96. The molecule has 1 heterocycles. The van der Waals surface area contributed by atoms with Gasteiger partial charge in [-0.3, -0.25) is 4.79 Å². The van der Waals surface area contributed by atoms with Gasteiger partial charge < -0.3 is 14.2 Å². The summed E-state index contributed by atoms with van der Waals surface area (Å²) in [6.07, 6.45) is -13.4. The van der Waals surface area contributed by atoms with E-state index in [4.69, 9.17) is 14.7 Å². The molecule has 30 heavy (non-hydrogen) atoms. The summed E-state index contributed by atoms with van der Waals surface area (Å²) in [5, 5.41) is 10.6. The Kier molecular flexibility index (Phi) is 5.90. The molecular weight excluding hydrogens is 458 g/mol. The van der Waals surface area contributed by atoms with E-state index >= 15 is 0 Å². The Morgan fingerprint density at radius 1 is 1.13 bits per heavy atom. The molecule has 0 radical (unpaired) electrons. The first-order chi connectivity index (χ1) is 13.8. The van der Waals surface area contributed by atoms with Crippen LogP contribution >= 0.6 is 12.0 Å². The van der Waals surface area contributed by atoms with Gasteiger partial charge in [0.2, 0.25) is 0 Å². The molecule has 1 saturated heterocycles. The summed E-state index contributed by atoms with van der Waals surface area (Å²) in [7, 11) is 0. The van der Waals surface area contributed by atoms with Crippen LogP contribution in [0.5, 0.6) is 0 Å². The van der Waals surface area contributed by atoms with E-state index in [0.29, 0.717) is 12.8 Å². The van der Waals surface area contributed by atoms with Crippen molar-refractivity contribution in [3.05, 3.63) is 0 Å². The molecular formula is C14H12F6O9S. The first-order valence-corrected chi connectivity index (χ1v) is 8.94. The predicted octanol–water partition coefficient (Wildman–Crippen LogP) is 1.96. The molecule has 16 heteroatoms. The molecule has 1 N–H and O–H groups in total. The van der Waals surface area contributed by atoms with Crippen LogP contribution in [-0.2, 0) is 38.0 Å². The zero-order chi connectivity index (χ0) is 22.5. The van der Waals surface area contributed by atoms with Gasteiger partial charge in [0.25, 0.3) is 0 Å². The van der Waals surface area contributed by atoms with Crippen molar-refractivity contribution in [1.82, 2.24) is 0 Å². The summed E-state index contributed by atoms with van der Waals surface area (Å²) in [5.74, 6) is -5.59. The van der Waals surface area contributed by atoms with Crippen LogP contribution in [-0.4, -0.2) is 59.1 Å². The van der Waals surface area contributed by atoms with E-state index in [1.807, 2.05) is 0 Å². The highest BCUT2D eigenvalue weighted by Crippen LogP contribution is 2.56. The monoisotopic (exact) mass is 470 g/mol. The largest absolute Gasteiger partial charge is 0.458 e. The number of ether oxygens (including phenoxy) is 3. The van der Waals surface area contributed by atoms with Crippen LogP contribution in [0, 0.1) is 17.8 Å².